The fourth-order valence-electron chi connectivity index (χ4n) is 2.29. The van der Waals surface area contributed by atoms with Crippen molar-refractivity contribution >= 4 is 23.3 Å². The van der Waals surface area contributed by atoms with Gasteiger partial charge in [-0.2, -0.15) is 0 Å². The summed E-state index contributed by atoms with van der Waals surface area (Å²) < 4.78 is 5.34. The smallest absolute Gasteiger partial charge is 0.271 e. The lowest BCUT2D eigenvalue weighted by molar-refractivity contribution is 0.0719. The molecule has 0 aliphatic heterocycles. The SMILES string of the molecule is COC1CCCC1NC(=O)c1nc(NN)ccc1Cl. The van der Waals surface area contributed by atoms with E-state index in [1.54, 1.807) is 19.2 Å². The second-order valence-corrected chi connectivity index (χ2v) is 4.86. The number of methoxy groups -OCH3 is 1. The fraction of sp³-hybridized carbons (Fsp3) is 0.500. The minimum atomic E-state index is -0.309. The fourth-order valence-corrected chi connectivity index (χ4v) is 2.48. The highest BCUT2D eigenvalue weighted by Crippen LogP contribution is 2.23. The second-order valence-electron chi connectivity index (χ2n) is 4.46. The summed E-state index contributed by atoms with van der Waals surface area (Å²) in [4.78, 5) is 16.2. The van der Waals surface area contributed by atoms with Crippen LogP contribution in [0.1, 0.15) is 29.8 Å². The van der Waals surface area contributed by atoms with Crippen LogP contribution >= 0.6 is 11.6 Å². The first-order valence-electron chi connectivity index (χ1n) is 6.12. The van der Waals surface area contributed by atoms with Crippen LogP contribution < -0.4 is 16.6 Å². The van der Waals surface area contributed by atoms with Crippen LogP contribution in [0.3, 0.4) is 0 Å². The van der Waals surface area contributed by atoms with Gasteiger partial charge in [-0.05, 0) is 31.4 Å². The predicted molar refractivity (Wildman–Crippen MR) is 73.0 cm³/mol. The first-order chi connectivity index (χ1) is 9.15. The zero-order valence-corrected chi connectivity index (χ0v) is 11.4. The van der Waals surface area contributed by atoms with E-state index < -0.39 is 0 Å². The number of hydrogen-bond acceptors (Lipinski definition) is 5. The summed E-state index contributed by atoms with van der Waals surface area (Å²) in [5.41, 5.74) is 2.55. The molecular formula is C12H17ClN4O2. The van der Waals surface area contributed by atoms with Gasteiger partial charge in [-0.1, -0.05) is 11.6 Å². The molecule has 104 valence electrons. The van der Waals surface area contributed by atoms with Crippen LogP contribution in [0.2, 0.25) is 5.02 Å². The van der Waals surface area contributed by atoms with Gasteiger partial charge in [0, 0.05) is 7.11 Å². The van der Waals surface area contributed by atoms with Crippen molar-refractivity contribution in [3.05, 3.63) is 22.8 Å². The normalized spacial score (nSPS) is 22.3. The number of hydrazine groups is 1. The van der Waals surface area contributed by atoms with Crippen LogP contribution in [0.5, 0.6) is 0 Å². The molecule has 1 saturated carbocycles. The third kappa shape index (κ3) is 3.15. The van der Waals surface area contributed by atoms with Gasteiger partial charge in [-0.3, -0.25) is 4.79 Å². The maximum atomic E-state index is 12.2. The summed E-state index contributed by atoms with van der Waals surface area (Å²) in [6.07, 6.45) is 2.94. The Morgan fingerprint density at radius 1 is 1.53 bits per heavy atom. The quantitative estimate of drug-likeness (QED) is 0.573. The van der Waals surface area contributed by atoms with Gasteiger partial charge >= 0.3 is 0 Å². The van der Waals surface area contributed by atoms with E-state index in [0.29, 0.717) is 10.8 Å². The maximum Gasteiger partial charge on any atom is 0.271 e. The summed E-state index contributed by atoms with van der Waals surface area (Å²) in [6, 6.07) is 3.19. The number of nitrogen functional groups attached to an aromatic ring is 1. The number of amides is 1. The summed E-state index contributed by atoms with van der Waals surface area (Å²) in [5, 5.41) is 3.20. The van der Waals surface area contributed by atoms with E-state index in [1.165, 1.54) is 0 Å². The molecule has 1 amide bonds. The molecule has 0 bridgehead atoms. The standard InChI is InChI=1S/C12H17ClN4O2/c1-19-9-4-2-3-8(9)15-12(18)11-7(13)5-6-10(16-11)17-14/h5-6,8-9H,2-4,14H2,1H3,(H,15,18)(H,16,17). The molecule has 1 fully saturated rings. The van der Waals surface area contributed by atoms with E-state index in [4.69, 9.17) is 22.2 Å². The molecule has 1 aromatic heterocycles. The number of ether oxygens (including phenoxy) is 1. The van der Waals surface area contributed by atoms with Crippen molar-refractivity contribution < 1.29 is 9.53 Å². The zero-order valence-electron chi connectivity index (χ0n) is 10.6. The highest BCUT2D eigenvalue weighted by molar-refractivity contribution is 6.33. The Labute approximate surface area is 116 Å². The van der Waals surface area contributed by atoms with Gasteiger partial charge in [0.1, 0.15) is 11.5 Å². The van der Waals surface area contributed by atoms with Gasteiger partial charge in [0.15, 0.2) is 0 Å². The zero-order chi connectivity index (χ0) is 13.8. The van der Waals surface area contributed by atoms with Gasteiger partial charge in [0.05, 0.1) is 17.2 Å². The molecule has 0 saturated heterocycles. The Morgan fingerprint density at radius 2 is 2.32 bits per heavy atom. The first-order valence-corrected chi connectivity index (χ1v) is 6.50. The van der Waals surface area contributed by atoms with Crippen molar-refractivity contribution in [3.8, 4) is 0 Å². The largest absolute Gasteiger partial charge is 0.379 e. The van der Waals surface area contributed by atoms with E-state index in [-0.39, 0.29) is 23.7 Å². The molecule has 1 heterocycles. The molecule has 1 aliphatic carbocycles. The first kappa shape index (κ1) is 14.0. The highest BCUT2D eigenvalue weighted by atomic mass is 35.5. The maximum absolute atomic E-state index is 12.2. The van der Waals surface area contributed by atoms with Gasteiger partial charge < -0.3 is 15.5 Å². The Balaban J connectivity index is 2.11. The summed E-state index contributed by atoms with van der Waals surface area (Å²) in [7, 11) is 1.65. The third-order valence-electron chi connectivity index (χ3n) is 3.28. The Bertz CT molecular complexity index is 469. The van der Waals surface area contributed by atoms with Crippen molar-refractivity contribution in [2.24, 2.45) is 5.84 Å². The average molecular weight is 285 g/mol. The van der Waals surface area contributed by atoms with Crippen LogP contribution in [-0.4, -0.2) is 30.1 Å². The molecule has 4 N–H and O–H groups in total. The molecule has 19 heavy (non-hydrogen) atoms. The van der Waals surface area contributed by atoms with E-state index in [2.05, 4.69) is 15.7 Å². The Kier molecular flexibility index (Phi) is 4.57. The van der Waals surface area contributed by atoms with Crippen LogP contribution in [0.15, 0.2) is 12.1 Å². The summed E-state index contributed by atoms with van der Waals surface area (Å²) >= 11 is 5.98. The molecule has 1 aromatic rings. The highest BCUT2D eigenvalue weighted by Gasteiger charge is 2.29. The van der Waals surface area contributed by atoms with Crippen molar-refractivity contribution in [1.29, 1.82) is 0 Å². The average Bonchev–Trinajstić information content (AvgIpc) is 2.86. The van der Waals surface area contributed by atoms with Crippen LogP contribution in [-0.2, 0) is 4.74 Å². The number of nitrogens with one attached hydrogen (secondary N) is 2. The number of halogens is 1. The number of hydrogen-bond donors (Lipinski definition) is 3. The summed E-state index contributed by atoms with van der Waals surface area (Å²) in [6.45, 7) is 0. The number of nitrogens with zero attached hydrogens (tertiary/aromatic N) is 1. The molecule has 2 rings (SSSR count). The van der Waals surface area contributed by atoms with Crippen LogP contribution in [0.25, 0.3) is 0 Å². The molecule has 2 unspecified atom stereocenters. The Morgan fingerprint density at radius 3 is 3.00 bits per heavy atom. The molecule has 0 aromatic carbocycles. The number of nitrogens with two attached hydrogens (primary N) is 1. The lowest BCUT2D eigenvalue weighted by atomic mass is 10.2. The molecular weight excluding hydrogens is 268 g/mol. The van der Waals surface area contributed by atoms with Gasteiger partial charge in [0.25, 0.3) is 5.91 Å². The van der Waals surface area contributed by atoms with Gasteiger partial charge in [0.2, 0.25) is 0 Å². The molecule has 1 aliphatic rings. The lowest BCUT2D eigenvalue weighted by Crippen LogP contribution is -2.41. The van der Waals surface area contributed by atoms with Crippen molar-refractivity contribution in [1.82, 2.24) is 10.3 Å². The van der Waals surface area contributed by atoms with E-state index >= 15 is 0 Å². The number of anilines is 1. The number of carbonyl (C=O) groups is 1. The van der Waals surface area contributed by atoms with Crippen molar-refractivity contribution in [2.45, 2.75) is 31.4 Å². The number of pyridine rings is 1. The van der Waals surface area contributed by atoms with Crippen molar-refractivity contribution in [2.75, 3.05) is 12.5 Å². The number of rotatable bonds is 4. The topological polar surface area (TPSA) is 89.3 Å². The molecule has 6 nitrogen and oxygen atoms in total. The second kappa shape index (κ2) is 6.18. The van der Waals surface area contributed by atoms with E-state index in [9.17, 15) is 4.79 Å². The van der Waals surface area contributed by atoms with Crippen LogP contribution in [0, 0.1) is 0 Å². The van der Waals surface area contributed by atoms with Crippen molar-refractivity contribution in [3.63, 3.8) is 0 Å². The lowest BCUT2D eigenvalue weighted by Gasteiger charge is -2.19. The molecule has 2 atom stereocenters. The van der Waals surface area contributed by atoms with Gasteiger partial charge in [-0.25, -0.2) is 10.8 Å². The number of carbonyl (C=O) groups excluding carboxylic acids is 1. The minimum Gasteiger partial charge on any atom is -0.379 e. The molecule has 0 radical (unpaired) electrons. The van der Waals surface area contributed by atoms with E-state index in [1.807, 2.05) is 0 Å². The van der Waals surface area contributed by atoms with Gasteiger partial charge in [-0.15, -0.1) is 0 Å². The molecule has 7 heteroatoms. The van der Waals surface area contributed by atoms with Crippen LogP contribution in [0.4, 0.5) is 5.82 Å². The minimum absolute atomic E-state index is 0.00450. The Hall–Kier alpha value is -1.37. The molecule has 0 spiro atoms. The summed E-state index contributed by atoms with van der Waals surface area (Å²) in [5.74, 6) is 5.35. The predicted octanol–water partition coefficient (Wildman–Crippen LogP) is 1.32. The third-order valence-corrected chi connectivity index (χ3v) is 3.59. The van der Waals surface area contributed by atoms with E-state index in [0.717, 1.165) is 19.3 Å². The monoisotopic (exact) mass is 284 g/mol. The number of aromatic nitrogens is 1.